The van der Waals surface area contributed by atoms with Gasteiger partial charge in [0.1, 0.15) is 0 Å². The molecule has 72 valence electrons. The summed E-state index contributed by atoms with van der Waals surface area (Å²) in [5, 5.41) is 0. The molecule has 0 amide bonds. The number of rotatable bonds is 3. The lowest BCUT2D eigenvalue weighted by molar-refractivity contribution is 0.0600. The first kappa shape index (κ1) is 10.1. The molecule has 4 nitrogen and oxygen atoms in total. The summed E-state index contributed by atoms with van der Waals surface area (Å²) in [7, 11) is 1.31. The molecular formula is C10H9NO3. The van der Waals surface area contributed by atoms with Gasteiger partial charge in [-0.3, -0.25) is 0 Å². The third-order valence-electron chi connectivity index (χ3n) is 1.46. The van der Waals surface area contributed by atoms with Crippen molar-refractivity contribution in [3.8, 4) is 18.2 Å². The van der Waals surface area contributed by atoms with Gasteiger partial charge in [0, 0.05) is 12.3 Å². The molecule has 0 radical (unpaired) electrons. The van der Waals surface area contributed by atoms with Crippen molar-refractivity contribution in [1.29, 1.82) is 0 Å². The highest BCUT2D eigenvalue weighted by Gasteiger charge is 2.06. The average Bonchev–Trinajstić information content (AvgIpc) is 2.25. The van der Waals surface area contributed by atoms with Gasteiger partial charge >= 0.3 is 5.97 Å². The molecule has 4 heteroatoms. The topological polar surface area (TPSA) is 48.4 Å². The van der Waals surface area contributed by atoms with Crippen molar-refractivity contribution < 1.29 is 14.3 Å². The molecule has 14 heavy (non-hydrogen) atoms. The van der Waals surface area contributed by atoms with Gasteiger partial charge in [-0.1, -0.05) is 5.92 Å². The summed E-state index contributed by atoms with van der Waals surface area (Å²) in [5.74, 6) is 2.18. The Labute approximate surface area is 81.9 Å². The Kier molecular flexibility index (Phi) is 3.50. The maximum absolute atomic E-state index is 11.1. The Hall–Kier alpha value is -2.02. The molecule has 0 saturated heterocycles. The van der Waals surface area contributed by atoms with Gasteiger partial charge in [0.05, 0.1) is 12.7 Å². The zero-order chi connectivity index (χ0) is 10.4. The lowest BCUT2D eigenvalue weighted by Crippen LogP contribution is -2.03. The number of ether oxygens (including phenoxy) is 2. The lowest BCUT2D eigenvalue weighted by atomic mass is 10.3. The number of methoxy groups -OCH3 is 1. The van der Waals surface area contributed by atoms with E-state index in [-0.39, 0.29) is 6.61 Å². The molecule has 0 fully saturated rings. The highest BCUT2D eigenvalue weighted by atomic mass is 16.5. The lowest BCUT2D eigenvalue weighted by Gasteiger charge is -2.02. The molecule has 0 unspecified atom stereocenters. The molecule has 0 aromatic carbocycles. The number of hydrogen-bond acceptors (Lipinski definition) is 4. The maximum Gasteiger partial charge on any atom is 0.338 e. The zero-order valence-corrected chi connectivity index (χ0v) is 7.69. The van der Waals surface area contributed by atoms with Gasteiger partial charge < -0.3 is 9.47 Å². The summed E-state index contributed by atoms with van der Waals surface area (Å²) < 4.78 is 9.57. The second-order valence-electron chi connectivity index (χ2n) is 2.37. The highest BCUT2D eigenvalue weighted by Crippen LogP contribution is 2.09. The second-order valence-corrected chi connectivity index (χ2v) is 2.37. The van der Waals surface area contributed by atoms with Crippen LogP contribution in [0.15, 0.2) is 18.3 Å². The minimum Gasteiger partial charge on any atom is -0.465 e. The van der Waals surface area contributed by atoms with Crippen molar-refractivity contribution in [3.63, 3.8) is 0 Å². The Morgan fingerprint density at radius 1 is 1.71 bits per heavy atom. The number of carbonyl (C=O) groups excluding carboxylic acids is 1. The quantitative estimate of drug-likeness (QED) is 0.525. The molecule has 0 aliphatic carbocycles. The Morgan fingerprint density at radius 3 is 3.14 bits per heavy atom. The number of aromatic nitrogens is 1. The maximum atomic E-state index is 11.1. The number of carbonyl (C=O) groups is 1. The minimum absolute atomic E-state index is 0.123. The normalized spacial score (nSPS) is 8.86. The zero-order valence-electron chi connectivity index (χ0n) is 7.69. The van der Waals surface area contributed by atoms with Crippen molar-refractivity contribution in [3.05, 3.63) is 23.9 Å². The summed E-state index contributed by atoms with van der Waals surface area (Å²) >= 11 is 0. The fraction of sp³-hybridized carbons (Fsp3) is 0.200. The van der Waals surface area contributed by atoms with Crippen LogP contribution in [0, 0.1) is 12.3 Å². The van der Waals surface area contributed by atoms with E-state index < -0.39 is 5.97 Å². The van der Waals surface area contributed by atoms with Crippen LogP contribution in [-0.2, 0) is 4.74 Å². The third kappa shape index (κ3) is 2.49. The highest BCUT2D eigenvalue weighted by molar-refractivity contribution is 5.89. The van der Waals surface area contributed by atoms with Crippen LogP contribution < -0.4 is 4.74 Å². The Balaban J connectivity index is 2.79. The van der Waals surface area contributed by atoms with E-state index in [1.807, 2.05) is 0 Å². The van der Waals surface area contributed by atoms with E-state index in [1.165, 1.54) is 25.4 Å². The first-order valence-corrected chi connectivity index (χ1v) is 3.88. The molecule has 0 aliphatic rings. The van der Waals surface area contributed by atoms with Crippen LogP contribution in [0.2, 0.25) is 0 Å². The van der Waals surface area contributed by atoms with Crippen LogP contribution >= 0.6 is 0 Å². The first-order valence-electron chi connectivity index (χ1n) is 3.88. The smallest absolute Gasteiger partial charge is 0.338 e. The number of terminal acetylenes is 1. The van der Waals surface area contributed by atoms with Crippen molar-refractivity contribution in [1.82, 2.24) is 4.98 Å². The average molecular weight is 191 g/mol. The van der Waals surface area contributed by atoms with Gasteiger partial charge in [-0.15, -0.1) is 6.42 Å². The molecule has 1 rings (SSSR count). The Bertz CT molecular complexity index is 368. The van der Waals surface area contributed by atoms with Crippen LogP contribution in [0.5, 0.6) is 5.88 Å². The number of hydrogen-bond donors (Lipinski definition) is 0. The largest absolute Gasteiger partial charge is 0.465 e. The molecule has 0 bridgehead atoms. The van der Waals surface area contributed by atoms with Crippen LogP contribution in [0.25, 0.3) is 0 Å². The van der Waals surface area contributed by atoms with E-state index in [4.69, 9.17) is 11.2 Å². The molecule has 0 aliphatic heterocycles. The van der Waals surface area contributed by atoms with E-state index in [9.17, 15) is 4.79 Å². The monoisotopic (exact) mass is 191 g/mol. The fourth-order valence-electron chi connectivity index (χ4n) is 0.849. The van der Waals surface area contributed by atoms with Gasteiger partial charge in [0.2, 0.25) is 5.88 Å². The molecule has 0 N–H and O–H groups in total. The van der Waals surface area contributed by atoms with Crippen molar-refractivity contribution in [2.45, 2.75) is 0 Å². The standard InChI is InChI=1S/C10H9NO3/c1-3-6-14-9-7-8(4-5-11-9)10(12)13-2/h1,4-5,7H,6H2,2H3. The number of esters is 1. The van der Waals surface area contributed by atoms with Gasteiger partial charge in [-0.25, -0.2) is 9.78 Å². The van der Waals surface area contributed by atoms with Crippen LogP contribution in [0.3, 0.4) is 0 Å². The van der Waals surface area contributed by atoms with E-state index in [1.54, 1.807) is 0 Å². The van der Waals surface area contributed by atoms with E-state index in [0.29, 0.717) is 11.4 Å². The van der Waals surface area contributed by atoms with Gasteiger partial charge in [0.15, 0.2) is 6.61 Å². The Morgan fingerprint density at radius 2 is 2.50 bits per heavy atom. The predicted octanol–water partition coefficient (Wildman–Crippen LogP) is 0.880. The molecule has 1 aromatic heterocycles. The fourth-order valence-corrected chi connectivity index (χ4v) is 0.849. The van der Waals surface area contributed by atoms with Crippen LogP contribution in [0.1, 0.15) is 10.4 Å². The van der Waals surface area contributed by atoms with Crippen molar-refractivity contribution >= 4 is 5.97 Å². The molecule has 1 heterocycles. The SMILES string of the molecule is C#CCOc1cc(C(=O)OC)ccn1. The number of nitrogens with zero attached hydrogens (tertiary/aromatic N) is 1. The predicted molar refractivity (Wildman–Crippen MR) is 49.9 cm³/mol. The molecule has 0 saturated carbocycles. The third-order valence-corrected chi connectivity index (χ3v) is 1.46. The molecule has 0 spiro atoms. The second kappa shape index (κ2) is 4.87. The first-order chi connectivity index (χ1) is 6.77. The molecule has 1 aromatic rings. The van der Waals surface area contributed by atoms with Gasteiger partial charge in [0.25, 0.3) is 0 Å². The summed E-state index contributed by atoms with van der Waals surface area (Å²) in [4.78, 5) is 15.0. The van der Waals surface area contributed by atoms with Gasteiger partial charge in [-0.05, 0) is 6.07 Å². The van der Waals surface area contributed by atoms with Gasteiger partial charge in [-0.2, -0.15) is 0 Å². The summed E-state index contributed by atoms with van der Waals surface area (Å²) in [5.41, 5.74) is 0.384. The molecule has 0 atom stereocenters. The van der Waals surface area contributed by atoms with E-state index >= 15 is 0 Å². The summed E-state index contributed by atoms with van der Waals surface area (Å²) in [6, 6.07) is 3.01. The van der Waals surface area contributed by atoms with E-state index in [0.717, 1.165) is 0 Å². The van der Waals surface area contributed by atoms with Crippen LogP contribution in [0.4, 0.5) is 0 Å². The van der Waals surface area contributed by atoms with Crippen molar-refractivity contribution in [2.24, 2.45) is 0 Å². The van der Waals surface area contributed by atoms with Crippen molar-refractivity contribution in [2.75, 3.05) is 13.7 Å². The summed E-state index contributed by atoms with van der Waals surface area (Å²) in [6.45, 7) is 0.123. The number of pyridine rings is 1. The van der Waals surface area contributed by atoms with Crippen LogP contribution in [-0.4, -0.2) is 24.7 Å². The molecular weight excluding hydrogens is 182 g/mol. The minimum atomic E-state index is -0.432. The van der Waals surface area contributed by atoms with E-state index in [2.05, 4.69) is 15.6 Å². The summed E-state index contributed by atoms with van der Waals surface area (Å²) in [6.07, 6.45) is 6.46.